The van der Waals surface area contributed by atoms with E-state index in [1.807, 2.05) is 24.3 Å². The fraction of sp³-hybridized carbons (Fsp3) is 0.167. The number of nitrogens with one attached hydrogen (secondary N) is 2. The van der Waals surface area contributed by atoms with Crippen molar-refractivity contribution in [1.82, 2.24) is 9.88 Å². The number of nitro groups is 1. The van der Waals surface area contributed by atoms with Crippen LogP contribution in [0.3, 0.4) is 0 Å². The van der Waals surface area contributed by atoms with Gasteiger partial charge in [0.2, 0.25) is 0 Å². The van der Waals surface area contributed by atoms with E-state index in [9.17, 15) is 10.1 Å². The lowest BCUT2D eigenvalue weighted by Gasteiger charge is -2.09. The lowest BCUT2D eigenvalue weighted by Crippen LogP contribution is -2.21. The molecular weight excluding hydrogens is 483 g/mol. The molecule has 0 radical (unpaired) electrons. The van der Waals surface area contributed by atoms with Gasteiger partial charge in [-0.3, -0.25) is 10.1 Å². The molecular formula is C24H21Cl3N4O2. The van der Waals surface area contributed by atoms with Gasteiger partial charge in [-0.1, -0.05) is 59.1 Å². The second-order valence-electron chi connectivity index (χ2n) is 7.56. The summed E-state index contributed by atoms with van der Waals surface area (Å²) in [6.45, 7) is 2.65. The van der Waals surface area contributed by atoms with Crippen molar-refractivity contribution in [2.75, 3.05) is 18.4 Å². The van der Waals surface area contributed by atoms with Crippen LogP contribution in [-0.2, 0) is 13.1 Å². The molecule has 6 nitrogen and oxygen atoms in total. The van der Waals surface area contributed by atoms with Crippen LogP contribution in [0.5, 0.6) is 0 Å². The number of non-ortho nitro benzene ring substituents is 1. The number of fused-ring (bicyclic) bond motifs is 1. The topological polar surface area (TPSA) is 72.1 Å². The lowest BCUT2D eigenvalue weighted by atomic mass is 10.2. The molecule has 4 rings (SSSR count). The monoisotopic (exact) mass is 502 g/mol. The quantitative estimate of drug-likeness (QED) is 0.150. The average molecular weight is 504 g/mol. The predicted molar refractivity (Wildman–Crippen MR) is 136 cm³/mol. The Kier molecular flexibility index (Phi) is 7.40. The summed E-state index contributed by atoms with van der Waals surface area (Å²) in [5.41, 5.74) is 3.96. The molecule has 170 valence electrons. The van der Waals surface area contributed by atoms with E-state index >= 15 is 0 Å². The van der Waals surface area contributed by atoms with Crippen molar-refractivity contribution in [3.8, 4) is 0 Å². The van der Waals surface area contributed by atoms with E-state index in [1.54, 1.807) is 12.1 Å². The van der Waals surface area contributed by atoms with E-state index in [0.717, 1.165) is 11.1 Å². The van der Waals surface area contributed by atoms with Gasteiger partial charge in [-0.2, -0.15) is 0 Å². The summed E-state index contributed by atoms with van der Waals surface area (Å²) < 4.78 is 2.19. The third-order valence-electron chi connectivity index (χ3n) is 5.32. The Morgan fingerprint density at radius 2 is 1.73 bits per heavy atom. The number of aromatic nitrogens is 1. The number of nitrogens with zero attached hydrogens (tertiary/aromatic N) is 2. The number of hydrogen-bond donors (Lipinski definition) is 2. The summed E-state index contributed by atoms with van der Waals surface area (Å²) in [6, 6.07) is 18.2. The maximum absolute atomic E-state index is 10.8. The van der Waals surface area contributed by atoms with Crippen LogP contribution in [0.25, 0.3) is 10.9 Å². The van der Waals surface area contributed by atoms with Crippen molar-refractivity contribution >= 4 is 57.1 Å². The van der Waals surface area contributed by atoms with Gasteiger partial charge in [-0.15, -0.1) is 0 Å². The molecule has 1 heterocycles. The molecule has 0 saturated carbocycles. The Labute approximate surface area is 206 Å². The number of para-hydroxylation sites is 1. The van der Waals surface area contributed by atoms with Crippen LogP contribution in [0.1, 0.15) is 11.1 Å². The molecule has 0 saturated heterocycles. The van der Waals surface area contributed by atoms with Crippen LogP contribution in [-0.4, -0.2) is 22.6 Å². The third-order valence-corrected chi connectivity index (χ3v) is 6.22. The summed E-state index contributed by atoms with van der Waals surface area (Å²) in [5, 5.41) is 20.2. The second kappa shape index (κ2) is 10.4. The molecule has 1 aromatic heterocycles. The molecule has 0 aliphatic heterocycles. The maximum atomic E-state index is 10.8. The Balaban J connectivity index is 1.38. The SMILES string of the molecule is O=[N+]([O-])c1ccc(NCCNCc2cn(Cc3ccc(Cl)cc3Cl)c3ccccc23)c(Cl)c1. The first-order valence-electron chi connectivity index (χ1n) is 10.3. The van der Waals surface area contributed by atoms with E-state index in [-0.39, 0.29) is 5.69 Å². The number of hydrogen-bond acceptors (Lipinski definition) is 4. The maximum Gasteiger partial charge on any atom is 0.271 e. The summed E-state index contributed by atoms with van der Waals surface area (Å²) >= 11 is 18.5. The predicted octanol–water partition coefficient (Wildman–Crippen LogP) is 6.76. The fourth-order valence-electron chi connectivity index (χ4n) is 3.70. The number of rotatable bonds is 9. The van der Waals surface area contributed by atoms with Gasteiger partial charge in [0.25, 0.3) is 5.69 Å². The Morgan fingerprint density at radius 3 is 2.48 bits per heavy atom. The van der Waals surface area contributed by atoms with Crippen molar-refractivity contribution in [3.63, 3.8) is 0 Å². The number of halogens is 3. The summed E-state index contributed by atoms with van der Waals surface area (Å²) in [6.07, 6.45) is 2.14. The molecule has 2 N–H and O–H groups in total. The van der Waals surface area contributed by atoms with Crippen LogP contribution in [0, 0.1) is 10.1 Å². The zero-order chi connectivity index (χ0) is 23.4. The fourth-order valence-corrected chi connectivity index (χ4v) is 4.41. The van der Waals surface area contributed by atoms with E-state index in [1.165, 1.54) is 23.1 Å². The van der Waals surface area contributed by atoms with Gasteiger partial charge in [0.1, 0.15) is 0 Å². The van der Waals surface area contributed by atoms with Crippen molar-refractivity contribution in [2.24, 2.45) is 0 Å². The minimum atomic E-state index is -0.464. The zero-order valence-electron chi connectivity index (χ0n) is 17.5. The van der Waals surface area contributed by atoms with Gasteiger partial charge in [0.05, 0.1) is 15.6 Å². The first-order chi connectivity index (χ1) is 15.9. The first-order valence-corrected chi connectivity index (χ1v) is 11.4. The molecule has 0 aliphatic carbocycles. The van der Waals surface area contributed by atoms with E-state index in [0.29, 0.717) is 46.9 Å². The highest BCUT2D eigenvalue weighted by atomic mass is 35.5. The standard InChI is InChI=1S/C24H21Cl3N4O2/c25-18-6-5-16(21(26)11-18)14-30-15-17(20-3-1-2-4-24(20)30)13-28-9-10-29-23-8-7-19(31(32)33)12-22(23)27/h1-8,11-12,15,28-29H,9-10,13-14H2. The van der Waals surface area contributed by atoms with Gasteiger partial charge in [-0.25, -0.2) is 0 Å². The van der Waals surface area contributed by atoms with Crippen molar-refractivity contribution in [2.45, 2.75) is 13.1 Å². The van der Waals surface area contributed by atoms with E-state index in [2.05, 4.69) is 33.5 Å². The number of nitro benzene ring substituents is 1. The smallest absolute Gasteiger partial charge is 0.271 e. The molecule has 0 fully saturated rings. The normalized spacial score (nSPS) is 11.1. The van der Waals surface area contributed by atoms with Crippen LogP contribution in [0.4, 0.5) is 11.4 Å². The van der Waals surface area contributed by atoms with Crippen LogP contribution >= 0.6 is 34.8 Å². The third kappa shape index (κ3) is 5.60. The van der Waals surface area contributed by atoms with Crippen molar-refractivity contribution in [1.29, 1.82) is 0 Å². The van der Waals surface area contributed by atoms with Gasteiger partial charge < -0.3 is 15.2 Å². The summed E-state index contributed by atoms with van der Waals surface area (Å²) in [5.74, 6) is 0. The molecule has 3 aromatic carbocycles. The van der Waals surface area contributed by atoms with Crippen LogP contribution in [0.15, 0.2) is 66.9 Å². The number of anilines is 1. The highest BCUT2D eigenvalue weighted by molar-refractivity contribution is 6.35. The van der Waals surface area contributed by atoms with Crippen molar-refractivity contribution < 1.29 is 4.92 Å². The van der Waals surface area contributed by atoms with E-state index in [4.69, 9.17) is 34.8 Å². The molecule has 0 aliphatic rings. The minimum absolute atomic E-state index is 0.0278. The average Bonchev–Trinajstić information content (AvgIpc) is 3.14. The lowest BCUT2D eigenvalue weighted by molar-refractivity contribution is -0.384. The van der Waals surface area contributed by atoms with Crippen LogP contribution in [0.2, 0.25) is 15.1 Å². The zero-order valence-corrected chi connectivity index (χ0v) is 19.8. The number of benzene rings is 3. The first kappa shape index (κ1) is 23.4. The largest absolute Gasteiger partial charge is 0.383 e. The van der Waals surface area contributed by atoms with Gasteiger partial charge in [-0.05, 0) is 35.4 Å². The summed E-state index contributed by atoms with van der Waals surface area (Å²) in [7, 11) is 0. The highest BCUT2D eigenvalue weighted by Crippen LogP contribution is 2.27. The summed E-state index contributed by atoms with van der Waals surface area (Å²) in [4.78, 5) is 10.4. The molecule has 0 unspecified atom stereocenters. The Morgan fingerprint density at radius 1 is 0.909 bits per heavy atom. The highest BCUT2D eigenvalue weighted by Gasteiger charge is 2.11. The van der Waals surface area contributed by atoms with Crippen LogP contribution < -0.4 is 10.6 Å². The molecule has 0 atom stereocenters. The molecule has 0 bridgehead atoms. The van der Waals surface area contributed by atoms with Gasteiger partial charge in [0, 0.05) is 65.5 Å². The molecule has 9 heteroatoms. The molecule has 33 heavy (non-hydrogen) atoms. The Hall–Kier alpha value is -2.77. The van der Waals surface area contributed by atoms with Gasteiger partial charge >= 0.3 is 0 Å². The molecule has 0 amide bonds. The van der Waals surface area contributed by atoms with Crippen molar-refractivity contribution in [3.05, 3.63) is 103 Å². The molecule has 4 aromatic rings. The van der Waals surface area contributed by atoms with E-state index < -0.39 is 4.92 Å². The molecule has 0 spiro atoms. The minimum Gasteiger partial charge on any atom is -0.383 e. The Bertz CT molecular complexity index is 1310. The second-order valence-corrected chi connectivity index (χ2v) is 8.81. The van der Waals surface area contributed by atoms with Gasteiger partial charge in [0.15, 0.2) is 0 Å².